The minimum absolute atomic E-state index is 0.472. The first-order valence-electron chi connectivity index (χ1n) is 4.21. The molecular formula is C11H11ClN2. The molecule has 0 atom stereocenters. The summed E-state index contributed by atoms with van der Waals surface area (Å²) in [6, 6.07) is 7.71. The molecule has 0 spiro atoms. The Morgan fingerprint density at radius 3 is 2.93 bits per heavy atom. The van der Waals surface area contributed by atoms with Crippen LogP contribution < -0.4 is 5.32 Å². The highest BCUT2D eigenvalue weighted by Crippen LogP contribution is 2.17. The molecule has 1 aromatic carbocycles. The summed E-state index contributed by atoms with van der Waals surface area (Å²) in [4.78, 5) is 0. The molecule has 14 heavy (non-hydrogen) atoms. The fourth-order valence-corrected chi connectivity index (χ4v) is 1.16. The van der Waals surface area contributed by atoms with Crippen LogP contribution in [0.15, 0.2) is 29.8 Å². The van der Waals surface area contributed by atoms with Crippen molar-refractivity contribution in [2.24, 2.45) is 0 Å². The Kier molecular flexibility index (Phi) is 3.55. The molecule has 0 heterocycles. The average Bonchev–Trinajstić information content (AvgIpc) is 2.15. The van der Waals surface area contributed by atoms with Gasteiger partial charge in [-0.25, -0.2) is 0 Å². The molecular weight excluding hydrogens is 196 g/mol. The van der Waals surface area contributed by atoms with Crippen LogP contribution in [0.3, 0.4) is 0 Å². The molecule has 1 rings (SSSR count). The lowest BCUT2D eigenvalue weighted by Gasteiger charge is -2.07. The van der Waals surface area contributed by atoms with Crippen molar-refractivity contribution in [1.29, 1.82) is 5.26 Å². The lowest BCUT2D eigenvalue weighted by molar-refractivity contribution is 1.29. The summed E-state index contributed by atoms with van der Waals surface area (Å²) < 4.78 is 0. The van der Waals surface area contributed by atoms with Crippen LogP contribution >= 0.6 is 11.6 Å². The van der Waals surface area contributed by atoms with Crippen LogP contribution in [0.1, 0.15) is 11.1 Å². The smallest absolute Gasteiger partial charge is 0.101 e. The van der Waals surface area contributed by atoms with Gasteiger partial charge < -0.3 is 5.32 Å². The summed E-state index contributed by atoms with van der Waals surface area (Å²) in [6.45, 7) is 6.01. The van der Waals surface area contributed by atoms with Crippen molar-refractivity contribution >= 4 is 17.3 Å². The van der Waals surface area contributed by atoms with E-state index < -0.39 is 0 Å². The van der Waals surface area contributed by atoms with Gasteiger partial charge >= 0.3 is 0 Å². The molecule has 0 saturated carbocycles. The molecule has 2 nitrogen and oxygen atoms in total. The zero-order valence-corrected chi connectivity index (χ0v) is 8.73. The Balaban J connectivity index is 2.89. The molecule has 1 aromatic rings. The van der Waals surface area contributed by atoms with Crippen molar-refractivity contribution in [1.82, 2.24) is 0 Å². The Bertz CT molecular complexity index is 391. The molecule has 72 valence electrons. The second kappa shape index (κ2) is 4.69. The first-order chi connectivity index (χ1) is 6.63. The van der Waals surface area contributed by atoms with Crippen molar-refractivity contribution in [2.75, 3.05) is 11.9 Å². The van der Waals surface area contributed by atoms with Gasteiger partial charge in [-0.05, 0) is 24.6 Å². The van der Waals surface area contributed by atoms with E-state index in [9.17, 15) is 0 Å². The molecule has 0 bridgehead atoms. The minimum Gasteiger partial charge on any atom is -0.379 e. The number of nitrogens with one attached hydrogen (secondary N) is 1. The van der Waals surface area contributed by atoms with E-state index in [-0.39, 0.29) is 0 Å². The van der Waals surface area contributed by atoms with Crippen molar-refractivity contribution in [2.45, 2.75) is 6.92 Å². The van der Waals surface area contributed by atoms with Gasteiger partial charge in [0.2, 0.25) is 0 Å². The number of benzene rings is 1. The van der Waals surface area contributed by atoms with Crippen LogP contribution in [0.2, 0.25) is 0 Å². The van der Waals surface area contributed by atoms with Gasteiger partial charge in [-0.15, -0.1) is 0 Å². The highest BCUT2D eigenvalue weighted by atomic mass is 35.5. The molecule has 0 aliphatic carbocycles. The number of halogens is 1. The lowest BCUT2D eigenvalue weighted by Crippen LogP contribution is -2.02. The van der Waals surface area contributed by atoms with Gasteiger partial charge in [0.15, 0.2) is 0 Å². The molecule has 3 heteroatoms. The van der Waals surface area contributed by atoms with Gasteiger partial charge in [0.25, 0.3) is 0 Å². The summed E-state index contributed by atoms with van der Waals surface area (Å²) in [7, 11) is 0. The third-order valence-electron chi connectivity index (χ3n) is 1.77. The molecule has 0 unspecified atom stereocenters. The first kappa shape index (κ1) is 10.6. The van der Waals surface area contributed by atoms with Crippen molar-refractivity contribution in [3.63, 3.8) is 0 Å². The van der Waals surface area contributed by atoms with Crippen LogP contribution in [0, 0.1) is 18.3 Å². The summed E-state index contributed by atoms with van der Waals surface area (Å²) in [5, 5.41) is 12.4. The number of aryl methyl sites for hydroxylation is 1. The van der Waals surface area contributed by atoms with E-state index in [4.69, 9.17) is 16.9 Å². The van der Waals surface area contributed by atoms with Crippen LogP contribution in [-0.4, -0.2) is 6.54 Å². The van der Waals surface area contributed by atoms with E-state index in [1.807, 2.05) is 19.1 Å². The van der Waals surface area contributed by atoms with Gasteiger partial charge in [0.05, 0.1) is 17.8 Å². The number of hydrogen-bond acceptors (Lipinski definition) is 2. The largest absolute Gasteiger partial charge is 0.379 e. The van der Waals surface area contributed by atoms with Gasteiger partial charge in [-0.2, -0.15) is 5.26 Å². The second-order valence-electron chi connectivity index (χ2n) is 3.03. The highest BCUT2D eigenvalue weighted by molar-refractivity contribution is 6.29. The third kappa shape index (κ3) is 2.79. The van der Waals surface area contributed by atoms with E-state index in [0.717, 1.165) is 11.3 Å². The third-order valence-corrected chi connectivity index (χ3v) is 1.90. The predicted octanol–water partition coefficient (Wildman–Crippen LogP) is 3.03. The quantitative estimate of drug-likeness (QED) is 0.825. The summed E-state index contributed by atoms with van der Waals surface area (Å²) in [5.41, 5.74) is 2.52. The maximum absolute atomic E-state index is 8.83. The minimum atomic E-state index is 0.472. The zero-order valence-electron chi connectivity index (χ0n) is 7.97. The molecule has 0 amide bonds. The van der Waals surface area contributed by atoms with Gasteiger partial charge in [-0.3, -0.25) is 0 Å². The molecule has 0 aliphatic heterocycles. The van der Waals surface area contributed by atoms with Crippen LogP contribution in [0.4, 0.5) is 5.69 Å². The SMILES string of the molecule is C=C(Cl)CNc1cc(C)ccc1C#N. The predicted molar refractivity (Wildman–Crippen MR) is 59.4 cm³/mol. The standard InChI is InChI=1S/C11H11ClN2/c1-8-3-4-10(6-13)11(5-8)14-7-9(2)12/h3-5,14H,2,7H2,1H3. The number of nitriles is 1. The fourth-order valence-electron chi connectivity index (χ4n) is 1.09. The summed E-state index contributed by atoms with van der Waals surface area (Å²) >= 11 is 5.62. The molecule has 0 aliphatic rings. The lowest BCUT2D eigenvalue weighted by atomic mass is 10.1. The van der Waals surface area contributed by atoms with E-state index in [0.29, 0.717) is 17.1 Å². The molecule has 0 radical (unpaired) electrons. The Morgan fingerprint density at radius 1 is 1.64 bits per heavy atom. The number of anilines is 1. The Labute approximate surface area is 88.8 Å². The number of nitrogens with zero attached hydrogens (tertiary/aromatic N) is 1. The highest BCUT2D eigenvalue weighted by Gasteiger charge is 2.01. The van der Waals surface area contributed by atoms with Crippen LogP contribution in [0.25, 0.3) is 0 Å². The van der Waals surface area contributed by atoms with E-state index in [1.165, 1.54) is 0 Å². The monoisotopic (exact) mass is 206 g/mol. The fraction of sp³-hybridized carbons (Fsp3) is 0.182. The van der Waals surface area contributed by atoms with Crippen molar-refractivity contribution < 1.29 is 0 Å². The van der Waals surface area contributed by atoms with Crippen molar-refractivity contribution in [3.05, 3.63) is 40.9 Å². The van der Waals surface area contributed by atoms with Gasteiger partial charge in [0.1, 0.15) is 6.07 Å². The Morgan fingerprint density at radius 2 is 2.36 bits per heavy atom. The maximum atomic E-state index is 8.83. The second-order valence-corrected chi connectivity index (χ2v) is 3.57. The number of rotatable bonds is 3. The molecule has 1 N–H and O–H groups in total. The molecule has 0 aromatic heterocycles. The first-order valence-corrected chi connectivity index (χ1v) is 4.59. The maximum Gasteiger partial charge on any atom is 0.101 e. The zero-order chi connectivity index (χ0) is 10.6. The van der Waals surface area contributed by atoms with Gasteiger partial charge in [0, 0.05) is 5.03 Å². The average molecular weight is 207 g/mol. The van der Waals surface area contributed by atoms with E-state index in [2.05, 4.69) is 18.0 Å². The van der Waals surface area contributed by atoms with Crippen LogP contribution in [0.5, 0.6) is 0 Å². The number of hydrogen-bond donors (Lipinski definition) is 1. The van der Waals surface area contributed by atoms with Crippen molar-refractivity contribution in [3.8, 4) is 6.07 Å². The van der Waals surface area contributed by atoms with Crippen LogP contribution in [-0.2, 0) is 0 Å². The molecule has 0 fully saturated rings. The summed E-state index contributed by atoms with van der Waals surface area (Å²) in [5.74, 6) is 0. The van der Waals surface area contributed by atoms with E-state index >= 15 is 0 Å². The summed E-state index contributed by atoms with van der Waals surface area (Å²) in [6.07, 6.45) is 0. The van der Waals surface area contributed by atoms with E-state index in [1.54, 1.807) is 6.07 Å². The van der Waals surface area contributed by atoms with Gasteiger partial charge in [-0.1, -0.05) is 24.2 Å². The Hall–Kier alpha value is -1.46. The topological polar surface area (TPSA) is 35.8 Å². The normalized spacial score (nSPS) is 9.21. The molecule has 0 saturated heterocycles.